The van der Waals surface area contributed by atoms with Crippen LogP contribution in [-0.4, -0.2) is 0 Å². The minimum Gasteiger partial charge on any atom is -0.179 e. The van der Waals surface area contributed by atoms with Crippen molar-refractivity contribution in [3.8, 4) is 11.1 Å². The molecular weight excluding hydrogens is 413 g/mol. The van der Waals surface area contributed by atoms with Crippen LogP contribution >= 0.6 is 0 Å². The summed E-state index contributed by atoms with van der Waals surface area (Å²) in [5.41, 5.74) is 9.78. The Hall–Kier alpha value is -2.02. The van der Waals surface area contributed by atoms with E-state index in [0.29, 0.717) is 0 Å². The Labute approximate surface area is 192 Å². The van der Waals surface area contributed by atoms with E-state index in [1.165, 1.54) is 44.5 Å². The van der Waals surface area contributed by atoms with E-state index in [1.807, 2.05) is 24.3 Å². The molecule has 0 atom stereocenters. The van der Waals surface area contributed by atoms with Crippen molar-refractivity contribution < 1.29 is 32.7 Å². The Balaban J connectivity index is 0.00000192. The molecule has 4 aromatic rings. The number of fused-ring (bicyclic) bond motifs is 3. The maximum absolute atomic E-state index is 3.55. The predicted octanol–water partition coefficient (Wildman–Crippen LogP) is 6.26. The summed E-state index contributed by atoms with van der Waals surface area (Å²) in [4.78, 5) is 0. The molecule has 0 aliphatic heterocycles. The SMILES string of the molecule is Cc1ccc2c(c1)C(c1[c-]cccc1)(c1[c-]cccc1)c1cc(C)ccc1-2.[Y]. The van der Waals surface area contributed by atoms with Crippen molar-refractivity contribution in [1.29, 1.82) is 0 Å². The van der Waals surface area contributed by atoms with Gasteiger partial charge < -0.3 is 0 Å². The van der Waals surface area contributed by atoms with Gasteiger partial charge in [0.2, 0.25) is 0 Å². The van der Waals surface area contributed by atoms with Gasteiger partial charge in [0.15, 0.2) is 0 Å². The predicted molar refractivity (Wildman–Crippen MR) is 111 cm³/mol. The summed E-state index contributed by atoms with van der Waals surface area (Å²) < 4.78 is 0. The fraction of sp³-hybridized carbons (Fsp3) is 0.111. The van der Waals surface area contributed by atoms with Gasteiger partial charge in [-0.3, -0.25) is 0 Å². The molecule has 0 unspecified atom stereocenters. The quantitative estimate of drug-likeness (QED) is 0.288. The molecule has 0 heterocycles. The smallest absolute Gasteiger partial charge is 0.0266 e. The molecule has 0 saturated carbocycles. The number of hydrogen-bond donors (Lipinski definition) is 0. The second-order valence-electron chi connectivity index (χ2n) is 7.40. The number of aryl methyl sites for hydroxylation is 2. The summed E-state index contributed by atoms with van der Waals surface area (Å²) in [5, 5.41) is 0. The van der Waals surface area contributed by atoms with Crippen molar-refractivity contribution in [1.82, 2.24) is 0 Å². The van der Waals surface area contributed by atoms with Crippen LogP contribution in [0.3, 0.4) is 0 Å². The van der Waals surface area contributed by atoms with E-state index in [1.54, 1.807) is 0 Å². The second kappa shape index (κ2) is 7.43. The molecule has 0 nitrogen and oxygen atoms in total. The molecule has 0 aromatic heterocycles. The monoisotopic (exact) mass is 433 g/mol. The molecule has 0 saturated heterocycles. The molecule has 5 rings (SSSR count). The molecule has 28 heavy (non-hydrogen) atoms. The molecular formula is C27H20Y-2. The third-order valence-corrected chi connectivity index (χ3v) is 5.67. The van der Waals surface area contributed by atoms with Gasteiger partial charge >= 0.3 is 0 Å². The molecule has 1 radical (unpaired) electrons. The van der Waals surface area contributed by atoms with Crippen molar-refractivity contribution in [3.05, 3.63) is 130 Å². The first kappa shape index (κ1) is 19.3. The van der Waals surface area contributed by atoms with E-state index in [-0.39, 0.29) is 38.1 Å². The molecule has 0 fully saturated rings. The summed E-state index contributed by atoms with van der Waals surface area (Å²) >= 11 is 0. The fourth-order valence-electron chi connectivity index (χ4n) is 4.53. The van der Waals surface area contributed by atoms with E-state index < -0.39 is 0 Å². The number of hydrogen-bond acceptors (Lipinski definition) is 0. The number of benzene rings is 4. The summed E-state index contributed by atoms with van der Waals surface area (Å²) in [6, 6.07) is 37.5. The Kier molecular flexibility index (Phi) is 5.12. The Morgan fingerprint density at radius 2 is 1.07 bits per heavy atom. The van der Waals surface area contributed by atoms with Crippen LogP contribution in [0.2, 0.25) is 0 Å². The standard InChI is InChI=1S/C27H20.Y/c1-19-13-15-23-24-16-14-20(2)18-26(24)27(25(23)17-19,21-9-5-3-6-10-21)22-11-7-4-8-12-22;/h3-9,11,13-18H,1-2H3;/q-2;. The van der Waals surface area contributed by atoms with E-state index >= 15 is 0 Å². The third kappa shape index (κ3) is 2.74. The summed E-state index contributed by atoms with van der Waals surface area (Å²) in [6.07, 6.45) is 0. The third-order valence-electron chi connectivity index (χ3n) is 5.67. The average molecular weight is 433 g/mol. The van der Waals surface area contributed by atoms with E-state index in [2.05, 4.69) is 86.6 Å². The minimum absolute atomic E-state index is 0. The first-order valence-electron chi connectivity index (χ1n) is 9.38. The van der Waals surface area contributed by atoms with Gasteiger partial charge in [-0.1, -0.05) is 47.5 Å². The van der Waals surface area contributed by atoms with Crippen molar-refractivity contribution in [3.63, 3.8) is 0 Å². The minimum atomic E-state index is -0.384. The van der Waals surface area contributed by atoms with Gasteiger partial charge in [0.1, 0.15) is 0 Å². The molecule has 0 amide bonds. The Bertz CT molecular complexity index is 1030. The summed E-state index contributed by atoms with van der Waals surface area (Å²) in [6.45, 7) is 4.34. The van der Waals surface area contributed by atoms with E-state index in [0.717, 1.165) is 0 Å². The summed E-state index contributed by atoms with van der Waals surface area (Å²) in [7, 11) is 0. The normalized spacial score (nSPS) is 13.4. The zero-order chi connectivity index (χ0) is 18.4. The van der Waals surface area contributed by atoms with Gasteiger partial charge in [0.25, 0.3) is 0 Å². The van der Waals surface area contributed by atoms with Gasteiger partial charge in [-0.2, -0.15) is 60.7 Å². The van der Waals surface area contributed by atoms with Crippen LogP contribution in [0, 0.1) is 26.0 Å². The van der Waals surface area contributed by atoms with E-state index in [4.69, 9.17) is 0 Å². The molecule has 0 bridgehead atoms. The van der Waals surface area contributed by atoms with Crippen molar-refractivity contribution in [2.24, 2.45) is 0 Å². The Morgan fingerprint density at radius 3 is 1.46 bits per heavy atom. The summed E-state index contributed by atoms with van der Waals surface area (Å²) in [5.74, 6) is 0. The molecule has 4 aromatic carbocycles. The molecule has 0 spiro atoms. The molecule has 0 N–H and O–H groups in total. The molecule has 1 aliphatic carbocycles. The van der Waals surface area contributed by atoms with Crippen molar-refractivity contribution in [2.45, 2.75) is 19.3 Å². The van der Waals surface area contributed by atoms with Crippen molar-refractivity contribution >= 4 is 0 Å². The van der Waals surface area contributed by atoms with Crippen LogP contribution in [0.1, 0.15) is 33.4 Å². The first-order chi connectivity index (χ1) is 13.2. The van der Waals surface area contributed by atoms with Crippen LogP contribution in [0.4, 0.5) is 0 Å². The van der Waals surface area contributed by atoms with Crippen LogP contribution in [0.5, 0.6) is 0 Å². The number of rotatable bonds is 2. The van der Waals surface area contributed by atoms with Gasteiger partial charge in [0, 0.05) is 38.1 Å². The first-order valence-corrected chi connectivity index (χ1v) is 9.38. The maximum atomic E-state index is 3.55. The van der Waals surface area contributed by atoms with Crippen LogP contribution in [0.25, 0.3) is 11.1 Å². The molecule has 1 aliphatic rings. The zero-order valence-electron chi connectivity index (χ0n) is 16.2. The van der Waals surface area contributed by atoms with Gasteiger partial charge in [-0.05, 0) is 36.1 Å². The van der Waals surface area contributed by atoms with Gasteiger partial charge in [0.05, 0.1) is 0 Å². The van der Waals surface area contributed by atoms with Crippen LogP contribution < -0.4 is 0 Å². The molecule has 133 valence electrons. The zero-order valence-corrected chi connectivity index (χ0v) is 19.0. The largest absolute Gasteiger partial charge is 0.179 e. The van der Waals surface area contributed by atoms with Gasteiger partial charge in [-0.15, -0.1) is 11.1 Å². The van der Waals surface area contributed by atoms with Crippen LogP contribution in [-0.2, 0) is 38.1 Å². The average Bonchev–Trinajstić information content (AvgIpc) is 2.99. The fourth-order valence-corrected chi connectivity index (χ4v) is 4.53. The van der Waals surface area contributed by atoms with Crippen LogP contribution in [0.15, 0.2) is 84.9 Å². The Morgan fingerprint density at radius 1 is 0.607 bits per heavy atom. The van der Waals surface area contributed by atoms with Gasteiger partial charge in [-0.25, -0.2) is 0 Å². The molecule has 1 heteroatoms. The topological polar surface area (TPSA) is 0 Å². The second-order valence-corrected chi connectivity index (χ2v) is 7.40. The van der Waals surface area contributed by atoms with Crippen molar-refractivity contribution in [2.75, 3.05) is 0 Å². The maximum Gasteiger partial charge on any atom is 0.0266 e. The van der Waals surface area contributed by atoms with E-state index in [9.17, 15) is 0 Å².